The SMILES string of the molecule is CCOC1CC(NC(=O)N(CC)C(C)(C)C(=O)O)C1(C)C. The smallest absolute Gasteiger partial charge is 0.329 e. The van der Waals surface area contributed by atoms with Crippen LogP contribution in [0.5, 0.6) is 0 Å². The Bertz CT molecular complexity index is 406. The normalized spacial score (nSPS) is 24.1. The van der Waals surface area contributed by atoms with Gasteiger partial charge in [-0.05, 0) is 34.1 Å². The Morgan fingerprint density at radius 1 is 1.38 bits per heavy atom. The van der Waals surface area contributed by atoms with E-state index in [0.29, 0.717) is 13.2 Å². The highest BCUT2D eigenvalue weighted by atomic mass is 16.5. The second-order valence-corrected chi connectivity index (χ2v) is 6.61. The molecule has 21 heavy (non-hydrogen) atoms. The van der Waals surface area contributed by atoms with Gasteiger partial charge in [0.2, 0.25) is 0 Å². The van der Waals surface area contributed by atoms with Crippen molar-refractivity contribution in [2.75, 3.05) is 13.2 Å². The van der Waals surface area contributed by atoms with Crippen molar-refractivity contribution in [3.63, 3.8) is 0 Å². The average Bonchev–Trinajstić information content (AvgIpc) is 2.37. The summed E-state index contributed by atoms with van der Waals surface area (Å²) in [6.45, 7) is 11.9. The number of amides is 2. The number of carbonyl (C=O) groups is 2. The van der Waals surface area contributed by atoms with Crippen molar-refractivity contribution in [2.24, 2.45) is 5.41 Å². The number of rotatable bonds is 6. The fourth-order valence-electron chi connectivity index (χ4n) is 2.75. The van der Waals surface area contributed by atoms with E-state index in [1.54, 1.807) is 6.92 Å². The Labute approximate surface area is 126 Å². The molecule has 2 unspecified atom stereocenters. The van der Waals surface area contributed by atoms with Gasteiger partial charge in [-0.1, -0.05) is 13.8 Å². The Kier molecular flexibility index (Phi) is 5.25. The van der Waals surface area contributed by atoms with Crippen molar-refractivity contribution in [3.8, 4) is 0 Å². The molecule has 2 N–H and O–H groups in total. The van der Waals surface area contributed by atoms with Crippen LogP contribution in [0.2, 0.25) is 0 Å². The van der Waals surface area contributed by atoms with E-state index in [-0.39, 0.29) is 23.6 Å². The van der Waals surface area contributed by atoms with Crippen molar-refractivity contribution in [2.45, 2.75) is 65.6 Å². The quantitative estimate of drug-likeness (QED) is 0.787. The molecule has 0 radical (unpaired) electrons. The largest absolute Gasteiger partial charge is 0.480 e. The highest BCUT2D eigenvalue weighted by molar-refractivity contribution is 5.85. The van der Waals surface area contributed by atoms with Crippen molar-refractivity contribution in [1.82, 2.24) is 10.2 Å². The lowest BCUT2D eigenvalue weighted by atomic mass is 9.64. The van der Waals surface area contributed by atoms with Gasteiger partial charge in [-0.15, -0.1) is 0 Å². The van der Waals surface area contributed by atoms with Crippen molar-refractivity contribution in [1.29, 1.82) is 0 Å². The van der Waals surface area contributed by atoms with Crippen LogP contribution in [0, 0.1) is 5.41 Å². The summed E-state index contributed by atoms with van der Waals surface area (Å²) in [6, 6.07) is -0.335. The third-order valence-corrected chi connectivity index (χ3v) is 4.60. The fraction of sp³-hybridized carbons (Fsp3) is 0.867. The highest BCUT2D eigenvalue weighted by Crippen LogP contribution is 2.42. The lowest BCUT2D eigenvalue weighted by Gasteiger charge is -2.52. The molecular weight excluding hydrogens is 272 g/mol. The van der Waals surface area contributed by atoms with Crippen LogP contribution < -0.4 is 5.32 Å². The van der Waals surface area contributed by atoms with Crippen molar-refractivity contribution >= 4 is 12.0 Å². The van der Waals surface area contributed by atoms with E-state index in [1.807, 2.05) is 6.92 Å². The first-order chi connectivity index (χ1) is 9.58. The summed E-state index contributed by atoms with van der Waals surface area (Å²) in [4.78, 5) is 25.1. The molecule has 1 aliphatic carbocycles. The summed E-state index contributed by atoms with van der Waals surface area (Å²) in [7, 11) is 0. The summed E-state index contributed by atoms with van der Waals surface area (Å²) < 4.78 is 5.64. The number of carbonyl (C=O) groups excluding carboxylic acids is 1. The maximum atomic E-state index is 12.4. The zero-order valence-electron chi connectivity index (χ0n) is 13.9. The predicted octanol–water partition coefficient (Wildman–Crippen LogP) is 2.08. The number of aliphatic carboxylic acids is 1. The van der Waals surface area contributed by atoms with Crippen LogP contribution in [0.4, 0.5) is 4.79 Å². The lowest BCUT2D eigenvalue weighted by Crippen LogP contribution is -2.65. The van der Waals surface area contributed by atoms with Gasteiger partial charge in [-0.3, -0.25) is 0 Å². The van der Waals surface area contributed by atoms with E-state index >= 15 is 0 Å². The minimum Gasteiger partial charge on any atom is -0.480 e. The number of nitrogens with zero attached hydrogens (tertiary/aromatic N) is 1. The van der Waals surface area contributed by atoms with Crippen molar-refractivity contribution in [3.05, 3.63) is 0 Å². The second kappa shape index (κ2) is 6.22. The zero-order valence-corrected chi connectivity index (χ0v) is 13.9. The van der Waals surface area contributed by atoms with E-state index in [4.69, 9.17) is 4.74 Å². The second-order valence-electron chi connectivity index (χ2n) is 6.61. The molecule has 0 spiro atoms. The maximum Gasteiger partial charge on any atom is 0.329 e. The molecular formula is C15H28N2O4. The number of urea groups is 1. The Morgan fingerprint density at radius 3 is 2.33 bits per heavy atom. The number of likely N-dealkylation sites (N-methyl/N-ethyl adjacent to an activating group) is 1. The van der Waals surface area contributed by atoms with Gasteiger partial charge < -0.3 is 20.1 Å². The predicted molar refractivity (Wildman–Crippen MR) is 80.2 cm³/mol. The molecule has 0 aliphatic heterocycles. The number of hydrogen-bond acceptors (Lipinski definition) is 3. The number of carboxylic acids is 1. The fourth-order valence-corrected chi connectivity index (χ4v) is 2.75. The van der Waals surface area contributed by atoms with E-state index in [9.17, 15) is 14.7 Å². The topological polar surface area (TPSA) is 78.9 Å². The zero-order chi connectivity index (χ0) is 16.4. The summed E-state index contributed by atoms with van der Waals surface area (Å²) >= 11 is 0. The van der Waals surface area contributed by atoms with Gasteiger partial charge in [0, 0.05) is 24.6 Å². The molecule has 122 valence electrons. The van der Waals surface area contributed by atoms with Crippen LogP contribution in [0.3, 0.4) is 0 Å². The van der Waals surface area contributed by atoms with Gasteiger partial charge >= 0.3 is 12.0 Å². The number of carboxylic acid groups (broad SMARTS) is 1. The Balaban J connectivity index is 2.71. The molecule has 0 aromatic heterocycles. The molecule has 0 heterocycles. The molecule has 1 saturated carbocycles. The third-order valence-electron chi connectivity index (χ3n) is 4.60. The Hall–Kier alpha value is -1.30. The van der Waals surface area contributed by atoms with Gasteiger partial charge in [-0.25, -0.2) is 9.59 Å². The maximum absolute atomic E-state index is 12.4. The minimum absolute atomic E-state index is 0.000180. The molecule has 6 nitrogen and oxygen atoms in total. The molecule has 0 aromatic rings. The van der Waals surface area contributed by atoms with Crippen LogP contribution >= 0.6 is 0 Å². The average molecular weight is 300 g/mol. The lowest BCUT2D eigenvalue weighted by molar-refractivity contribution is -0.147. The van der Waals surface area contributed by atoms with E-state index in [0.717, 1.165) is 6.42 Å². The molecule has 0 aromatic carbocycles. The first-order valence-corrected chi connectivity index (χ1v) is 7.52. The van der Waals surface area contributed by atoms with Crippen molar-refractivity contribution < 1.29 is 19.4 Å². The van der Waals surface area contributed by atoms with E-state index < -0.39 is 11.5 Å². The highest BCUT2D eigenvalue weighted by Gasteiger charge is 2.50. The van der Waals surface area contributed by atoms with Crippen LogP contribution in [0.25, 0.3) is 0 Å². The molecule has 1 fully saturated rings. The van der Waals surface area contributed by atoms with Crippen LogP contribution in [-0.2, 0) is 9.53 Å². The third kappa shape index (κ3) is 3.31. The molecule has 0 saturated heterocycles. The van der Waals surface area contributed by atoms with Crippen LogP contribution in [0.15, 0.2) is 0 Å². The van der Waals surface area contributed by atoms with Gasteiger partial charge in [0.05, 0.1) is 6.10 Å². The monoisotopic (exact) mass is 300 g/mol. The summed E-state index contributed by atoms with van der Waals surface area (Å²) in [6.07, 6.45) is 0.896. The minimum atomic E-state index is -1.23. The van der Waals surface area contributed by atoms with Gasteiger partial charge in [-0.2, -0.15) is 0 Å². The van der Waals surface area contributed by atoms with Gasteiger partial charge in [0.25, 0.3) is 0 Å². The summed E-state index contributed by atoms with van der Waals surface area (Å²) in [5.74, 6) is -1.01. The van der Waals surface area contributed by atoms with E-state index in [1.165, 1.54) is 18.7 Å². The number of ether oxygens (including phenoxy) is 1. The summed E-state index contributed by atoms with van der Waals surface area (Å²) in [5.41, 5.74) is -1.37. The van der Waals surface area contributed by atoms with Crippen LogP contribution in [-0.4, -0.2) is 52.8 Å². The number of hydrogen-bond donors (Lipinski definition) is 2. The van der Waals surface area contributed by atoms with Gasteiger partial charge in [0.15, 0.2) is 0 Å². The molecule has 6 heteroatoms. The van der Waals surface area contributed by atoms with E-state index in [2.05, 4.69) is 19.2 Å². The first kappa shape index (κ1) is 17.8. The summed E-state index contributed by atoms with van der Waals surface area (Å²) in [5, 5.41) is 12.2. The van der Waals surface area contributed by atoms with Crippen LogP contribution in [0.1, 0.15) is 48.0 Å². The molecule has 1 rings (SSSR count). The Morgan fingerprint density at radius 2 is 1.95 bits per heavy atom. The molecule has 0 bridgehead atoms. The molecule has 2 atom stereocenters. The molecule has 1 aliphatic rings. The number of nitrogens with one attached hydrogen (secondary N) is 1. The standard InChI is InChI=1S/C15H28N2O4/c1-7-17(15(5,6)12(18)19)13(20)16-10-9-11(21-8-2)14(10,3)4/h10-11H,7-9H2,1-6H3,(H,16,20)(H,18,19). The first-order valence-electron chi connectivity index (χ1n) is 7.52. The molecule has 2 amide bonds. The van der Waals surface area contributed by atoms with Gasteiger partial charge in [0.1, 0.15) is 5.54 Å².